The number of hydrogen-bond donors (Lipinski definition) is 2. The van der Waals surface area contributed by atoms with E-state index in [1.165, 1.54) is 7.11 Å². The van der Waals surface area contributed by atoms with Gasteiger partial charge < -0.3 is 20.3 Å². The molecule has 0 aliphatic carbocycles. The Morgan fingerprint density at radius 1 is 1.03 bits per heavy atom. The zero-order valence-corrected chi connectivity index (χ0v) is 17.3. The second kappa shape index (κ2) is 9.91. The maximum absolute atomic E-state index is 12.8. The van der Waals surface area contributed by atoms with Crippen LogP contribution in [-0.4, -0.2) is 49.6 Å². The summed E-state index contributed by atoms with van der Waals surface area (Å²) in [7, 11) is 1.32. The Bertz CT molecular complexity index is 894. The third kappa shape index (κ3) is 5.59. The molecule has 7 heteroatoms. The Morgan fingerprint density at radius 3 is 2.37 bits per heavy atom. The maximum atomic E-state index is 12.8. The number of hydrogen-bond acceptors (Lipinski definition) is 4. The first-order chi connectivity index (χ1) is 14.5. The Kier molecular flexibility index (Phi) is 7.06. The van der Waals surface area contributed by atoms with Gasteiger partial charge in [0.2, 0.25) is 0 Å². The Labute approximate surface area is 176 Å². The predicted octanol–water partition coefficient (Wildman–Crippen LogP) is 3.46. The fourth-order valence-electron chi connectivity index (χ4n) is 3.51. The predicted molar refractivity (Wildman–Crippen MR) is 115 cm³/mol. The van der Waals surface area contributed by atoms with Gasteiger partial charge in [-0.3, -0.25) is 4.79 Å². The van der Waals surface area contributed by atoms with E-state index in [1.807, 2.05) is 31.2 Å². The molecule has 2 N–H and O–H groups in total. The number of ether oxygens (including phenoxy) is 1. The molecule has 2 aromatic carbocycles. The van der Waals surface area contributed by atoms with Crippen LogP contribution in [-0.2, 0) is 4.74 Å². The summed E-state index contributed by atoms with van der Waals surface area (Å²) in [5.41, 5.74) is 2.82. The molecule has 7 nitrogen and oxygen atoms in total. The van der Waals surface area contributed by atoms with E-state index in [0.29, 0.717) is 30.8 Å². The molecule has 1 heterocycles. The number of rotatable bonds is 5. The fraction of sp³-hybridized carbons (Fsp3) is 0.348. The number of nitrogens with one attached hydrogen (secondary N) is 2. The second-order valence-corrected chi connectivity index (χ2v) is 7.53. The number of likely N-dealkylation sites (tertiary alicyclic amines) is 1. The van der Waals surface area contributed by atoms with Crippen LogP contribution in [0.1, 0.15) is 39.1 Å². The molecule has 1 aliphatic heterocycles. The van der Waals surface area contributed by atoms with E-state index < -0.39 is 5.97 Å². The van der Waals surface area contributed by atoms with Crippen LogP contribution in [0.2, 0.25) is 0 Å². The molecule has 0 aromatic heterocycles. The summed E-state index contributed by atoms with van der Waals surface area (Å²) in [6.45, 7) is 3.77. The number of aryl methyl sites for hydroxylation is 1. The van der Waals surface area contributed by atoms with Crippen LogP contribution in [0.15, 0.2) is 48.5 Å². The largest absolute Gasteiger partial charge is 0.465 e. The summed E-state index contributed by atoms with van der Waals surface area (Å²) < 4.78 is 4.68. The van der Waals surface area contributed by atoms with Gasteiger partial charge in [0.1, 0.15) is 0 Å². The van der Waals surface area contributed by atoms with Crippen molar-refractivity contribution in [2.75, 3.05) is 32.1 Å². The number of urea groups is 1. The Morgan fingerprint density at radius 2 is 1.70 bits per heavy atom. The van der Waals surface area contributed by atoms with Gasteiger partial charge in [0.05, 0.1) is 12.7 Å². The molecule has 1 saturated heterocycles. The SMILES string of the molecule is COC(=O)c1ccc(C(=O)N2CCCC(CNC(=O)Nc3ccc(C)cc3)C2)cc1. The van der Waals surface area contributed by atoms with Gasteiger partial charge in [0.15, 0.2) is 0 Å². The molecule has 3 rings (SSSR count). The van der Waals surface area contributed by atoms with Crippen LogP contribution in [0, 0.1) is 12.8 Å². The molecule has 3 amide bonds. The molecule has 2 aromatic rings. The molecule has 0 saturated carbocycles. The molecule has 0 spiro atoms. The number of piperidine rings is 1. The number of nitrogens with zero attached hydrogens (tertiary/aromatic N) is 1. The van der Waals surface area contributed by atoms with Gasteiger partial charge in [0, 0.05) is 30.9 Å². The number of carbonyl (C=O) groups is 3. The van der Waals surface area contributed by atoms with E-state index in [-0.39, 0.29) is 17.9 Å². The van der Waals surface area contributed by atoms with Crippen molar-refractivity contribution in [1.82, 2.24) is 10.2 Å². The quantitative estimate of drug-likeness (QED) is 0.741. The zero-order valence-electron chi connectivity index (χ0n) is 17.3. The third-order valence-electron chi connectivity index (χ3n) is 5.22. The lowest BCUT2D eigenvalue weighted by Crippen LogP contribution is -2.44. The van der Waals surface area contributed by atoms with E-state index >= 15 is 0 Å². The molecule has 0 bridgehead atoms. The van der Waals surface area contributed by atoms with Crippen molar-refractivity contribution in [3.8, 4) is 0 Å². The number of esters is 1. The van der Waals surface area contributed by atoms with Crippen molar-refractivity contribution < 1.29 is 19.1 Å². The Balaban J connectivity index is 1.50. The normalized spacial score (nSPS) is 15.9. The van der Waals surface area contributed by atoms with Gasteiger partial charge >= 0.3 is 12.0 Å². The molecule has 1 fully saturated rings. The monoisotopic (exact) mass is 409 g/mol. The average molecular weight is 409 g/mol. The fourth-order valence-corrected chi connectivity index (χ4v) is 3.51. The van der Waals surface area contributed by atoms with E-state index in [2.05, 4.69) is 15.4 Å². The summed E-state index contributed by atoms with van der Waals surface area (Å²) in [6, 6.07) is 13.8. The van der Waals surface area contributed by atoms with Crippen molar-refractivity contribution in [3.63, 3.8) is 0 Å². The molecular formula is C23H27N3O4. The minimum absolute atomic E-state index is 0.0692. The van der Waals surface area contributed by atoms with Crippen molar-refractivity contribution in [3.05, 3.63) is 65.2 Å². The zero-order chi connectivity index (χ0) is 21.5. The summed E-state index contributed by atoms with van der Waals surface area (Å²) in [6.07, 6.45) is 1.84. The summed E-state index contributed by atoms with van der Waals surface area (Å²) >= 11 is 0. The first-order valence-corrected chi connectivity index (χ1v) is 10.1. The van der Waals surface area contributed by atoms with Crippen LogP contribution in [0.4, 0.5) is 10.5 Å². The lowest BCUT2D eigenvalue weighted by molar-refractivity contribution is 0.0598. The minimum atomic E-state index is -0.429. The van der Waals surface area contributed by atoms with Gasteiger partial charge in [-0.2, -0.15) is 0 Å². The summed E-state index contributed by atoms with van der Waals surface area (Å²) in [5, 5.41) is 5.72. The molecule has 0 radical (unpaired) electrons. The first kappa shape index (κ1) is 21.4. The van der Waals surface area contributed by atoms with Gasteiger partial charge in [-0.1, -0.05) is 17.7 Å². The van der Waals surface area contributed by atoms with Crippen LogP contribution in [0.5, 0.6) is 0 Å². The first-order valence-electron chi connectivity index (χ1n) is 10.1. The van der Waals surface area contributed by atoms with Crippen molar-refractivity contribution in [2.24, 2.45) is 5.92 Å². The topological polar surface area (TPSA) is 87.7 Å². The molecule has 1 atom stereocenters. The van der Waals surface area contributed by atoms with E-state index in [1.54, 1.807) is 29.2 Å². The van der Waals surface area contributed by atoms with Crippen molar-refractivity contribution in [1.29, 1.82) is 0 Å². The summed E-state index contributed by atoms with van der Waals surface area (Å²) in [4.78, 5) is 38.3. The molecule has 30 heavy (non-hydrogen) atoms. The lowest BCUT2D eigenvalue weighted by Gasteiger charge is -2.33. The molecule has 1 aliphatic rings. The average Bonchev–Trinajstić information content (AvgIpc) is 2.78. The highest BCUT2D eigenvalue weighted by molar-refractivity contribution is 5.96. The number of amides is 3. The molecule has 1 unspecified atom stereocenters. The van der Waals surface area contributed by atoms with Gasteiger partial charge in [-0.25, -0.2) is 9.59 Å². The highest BCUT2D eigenvalue weighted by Crippen LogP contribution is 2.19. The second-order valence-electron chi connectivity index (χ2n) is 7.53. The van der Waals surface area contributed by atoms with Crippen LogP contribution < -0.4 is 10.6 Å². The highest BCUT2D eigenvalue weighted by atomic mass is 16.5. The highest BCUT2D eigenvalue weighted by Gasteiger charge is 2.25. The summed E-state index contributed by atoms with van der Waals surface area (Å²) in [5.74, 6) is -0.303. The van der Waals surface area contributed by atoms with Gasteiger partial charge in [-0.05, 0) is 62.1 Å². The standard InChI is InChI=1S/C23H27N3O4/c1-16-5-11-20(12-6-16)25-23(29)24-14-17-4-3-13-26(15-17)21(27)18-7-9-19(10-8-18)22(28)30-2/h5-12,17H,3-4,13-15H2,1-2H3,(H2,24,25,29). The van der Waals surface area contributed by atoms with Crippen molar-refractivity contribution >= 4 is 23.6 Å². The van der Waals surface area contributed by atoms with Crippen LogP contribution in [0.25, 0.3) is 0 Å². The number of carbonyl (C=O) groups excluding carboxylic acids is 3. The van der Waals surface area contributed by atoms with E-state index in [0.717, 1.165) is 24.1 Å². The molecule has 158 valence electrons. The maximum Gasteiger partial charge on any atom is 0.337 e. The smallest absolute Gasteiger partial charge is 0.337 e. The number of benzene rings is 2. The Hall–Kier alpha value is -3.35. The van der Waals surface area contributed by atoms with Crippen LogP contribution in [0.3, 0.4) is 0 Å². The van der Waals surface area contributed by atoms with E-state index in [9.17, 15) is 14.4 Å². The minimum Gasteiger partial charge on any atom is -0.465 e. The number of anilines is 1. The van der Waals surface area contributed by atoms with Crippen molar-refractivity contribution in [2.45, 2.75) is 19.8 Å². The van der Waals surface area contributed by atoms with Gasteiger partial charge in [-0.15, -0.1) is 0 Å². The lowest BCUT2D eigenvalue weighted by atomic mass is 9.97. The molecular weight excluding hydrogens is 382 g/mol. The number of methoxy groups -OCH3 is 1. The van der Waals surface area contributed by atoms with E-state index in [4.69, 9.17) is 0 Å². The van der Waals surface area contributed by atoms with Crippen LogP contribution >= 0.6 is 0 Å². The third-order valence-corrected chi connectivity index (χ3v) is 5.22. The van der Waals surface area contributed by atoms with Gasteiger partial charge in [0.25, 0.3) is 5.91 Å².